The molecule has 0 aromatic carbocycles. The number of aromatic nitrogens is 1. The van der Waals surface area contributed by atoms with Crippen LogP contribution in [-0.2, 0) is 0 Å². The van der Waals surface area contributed by atoms with Gasteiger partial charge in [0.05, 0.1) is 18.3 Å². The Hall–Kier alpha value is -1.13. The van der Waals surface area contributed by atoms with E-state index in [0.29, 0.717) is 5.92 Å². The van der Waals surface area contributed by atoms with Crippen molar-refractivity contribution in [3.05, 3.63) is 24.0 Å². The molecule has 0 amide bonds. The molecule has 0 spiro atoms. The van der Waals surface area contributed by atoms with Gasteiger partial charge in [0.2, 0.25) is 0 Å². The van der Waals surface area contributed by atoms with Crippen LogP contribution in [0.15, 0.2) is 18.5 Å². The van der Waals surface area contributed by atoms with E-state index in [2.05, 4.69) is 10.4 Å². The van der Waals surface area contributed by atoms with E-state index >= 15 is 0 Å². The molecule has 2 rings (SSSR count). The molecule has 4 nitrogen and oxygen atoms in total. The van der Waals surface area contributed by atoms with Crippen LogP contribution in [-0.4, -0.2) is 11.1 Å². The smallest absolute Gasteiger partial charge is 0.138 e. The standard InChI is InChI=1S/C13H21N3O/c1-9(2)17-12-6-11(7-15-8-12)13(16-14)10-4-3-5-10/h6-10,13,16H,3-5,14H2,1-2H3. The maximum absolute atomic E-state index is 5.65. The minimum Gasteiger partial charge on any atom is -0.489 e. The fraction of sp³-hybridized carbons (Fsp3) is 0.615. The van der Waals surface area contributed by atoms with Crippen molar-refractivity contribution in [3.8, 4) is 5.75 Å². The maximum Gasteiger partial charge on any atom is 0.138 e. The fourth-order valence-corrected chi connectivity index (χ4v) is 2.22. The Morgan fingerprint density at radius 2 is 2.18 bits per heavy atom. The zero-order valence-corrected chi connectivity index (χ0v) is 10.5. The molecule has 1 aromatic heterocycles. The summed E-state index contributed by atoms with van der Waals surface area (Å²) in [6, 6.07) is 2.24. The molecule has 17 heavy (non-hydrogen) atoms. The van der Waals surface area contributed by atoms with E-state index in [4.69, 9.17) is 10.6 Å². The normalized spacial score (nSPS) is 17.9. The summed E-state index contributed by atoms with van der Waals surface area (Å²) in [6.45, 7) is 4.02. The Kier molecular flexibility index (Phi) is 3.97. The van der Waals surface area contributed by atoms with Gasteiger partial charge in [0.15, 0.2) is 0 Å². The van der Waals surface area contributed by atoms with Gasteiger partial charge in [0.1, 0.15) is 5.75 Å². The highest BCUT2D eigenvalue weighted by molar-refractivity contribution is 5.27. The van der Waals surface area contributed by atoms with Crippen LogP contribution < -0.4 is 16.0 Å². The monoisotopic (exact) mass is 235 g/mol. The molecule has 1 atom stereocenters. The molecule has 1 unspecified atom stereocenters. The van der Waals surface area contributed by atoms with E-state index in [-0.39, 0.29) is 12.1 Å². The van der Waals surface area contributed by atoms with Crippen molar-refractivity contribution in [1.29, 1.82) is 0 Å². The van der Waals surface area contributed by atoms with Crippen molar-refractivity contribution in [1.82, 2.24) is 10.4 Å². The van der Waals surface area contributed by atoms with Crippen LogP contribution in [0.5, 0.6) is 5.75 Å². The molecular formula is C13H21N3O. The first-order chi connectivity index (χ1) is 8.20. The summed E-state index contributed by atoms with van der Waals surface area (Å²) in [5, 5.41) is 0. The van der Waals surface area contributed by atoms with Crippen molar-refractivity contribution in [2.24, 2.45) is 11.8 Å². The van der Waals surface area contributed by atoms with E-state index in [0.717, 1.165) is 11.3 Å². The molecule has 1 aromatic rings. The van der Waals surface area contributed by atoms with Crippen molar-refractivity contribution in [2.75, 3.05) is 0 Å². The van der Waals surface area contributed by atoms with Crippen molar-refractivity contribution in [2.45, 2.75) is 45.3 Å². The Morgan fingerprint density at radius 1 is 1.41 bits per heavy atom. The minimum atomic E-state index is 0.167. The summed E-state index contributed by atoms with van der Waals surface area (Å²) in [5.41, 5.74) is 4.03. The van der Waals surface area contributed by atoms with Crippen LogP contribution in [0.3, 0.4) is 0 Å². The van der Waals surface area contributed by atoms with Crippen LogP contribution in [0.25, 0.3) is 0 Å². The maximum atomic E-state index is 5.65. The lowest BCUT2D eigenvalue weighted by molar-refractivity contribution is 0.227. The average Bonchev–Trinajstić information content (AvgIpc) is 2.22. The molecule has 4 heteroatoms. The molecule has 0 saturated heterocycles. The summed E-state index contributed by atoms with van der Waals surface area (Å²) in [6.07, 6.45) is 7.57. The van der Waals surface area contributed by atoms with Gasteiger partial charge in [-0.2, -0.15) is 0 Å². The van der Waals surface area contributed by atoms with E-state index in [9.17, 15) is 0 Å². The largest absolute Gasteiger partial charge is 0.489 e. The Labute approximate surface area is 103 Å². The molecule has 1 fully saturated rings. The first-order valence-electron chi connectivity index (χ1n) is 6.28. The average molecular weight is 235 g/mol. The van der Waals surface area contributed by atoms with Crippen LogP contribution in [0.4, 0.5) is 0 Å². The van der Waals surface area contributed by atoms with Crippen molar-refractivity contribution >= 4 is 0 Å². The highest BCUT2D eigenvalue weighted by atomic mass is 16.5. The van der Waals surface area contributed by atoms with Crippen LogP contribution in [0.1, 0.15) is 44.7 Å². The lowest BCUT2D eigenvalue weighted by Gasteiger charge is -2.33. The SMILES string of the molecule is CC(C)Oc1cncc(C(NN)C2CCC2)c1. The Bertz CT molecular complexity index is 363. The topological polar surface area (TPSA) is 60.2 Å². The highest BCUT2D eigenvalue weighted by Gasteiger charge is 2.28. The van der Waals surface area contributed by atoms with E-state index < -0.39 is 0 Å². The van der Waals surface area contributed by atoms with E-state index in [1.54, 1.807) is 6.20 Å². The van der Waals surface area contributed by atoms with Crippen LogP contribution in [0.2, 0.25) is 0 Å². The number of hydrogen-bond donors (Lipinski definition) is 2. The number of hydrazine groups is 1. The molecular weight excluding hydrogens is 214 g/mol. The molecule has 0 bridgehead atoms. The van der Waals surface area contributed by atoms with Crippen LogP contribution >= 0.6 is 0 Å². The number of ether oxygens (including phenoxy) is 1. The molecule has 3 N–H and O–H groups in total. The second-order valence-corrected chi connectivity index (χ2v) is 4.96. The Morgan fingerprint density at radius 3 is 2.71 bits per heavy atom. The zero-order valence-electron chi connectivity index (χ0n) is 10.5. The van der Waals surface area contributed by atoms with Gasteiger partial charge in [0.25, 0.3) is 0 Å². The van der Waals surface area contributed by atoms with Gasteiger partial charge in [-0.3, -0.25) is 16.3 Å². The summed E-state index contributed by atoms with van der Waals surface area (Å²) in [4.78, 5) is 4.23. The minimum absolute atomic E-state index is 0.167. The fourth-order valence-electron chi connectivity index (χ4n) is 2.22. The van der Waals surface area contributed by atoms with E-state index in [1.807, 2.05) is 26.1 Å². The number of rotatable bonds is 5. The summed E-state index contributed by atoms with van der Waals surface area (Å²) < 4.78 is 5.65. The summed E-state index contributed by atoms with van der Waals surface area (Å²) >= 11 is 0. The number of nitrogens with zero attached hydrogens (tertiary/aromatic N) is 1. The van der Waals surface area contributed by atoms with Crippen molar-refractivity contribution < 1.29 is 4.74 Å². The van der Waals surface area contributed by atoms with Gasteiger partial charge in [-0.15, -0.1) is 0 Å². The highest BCUT2D eigenvalue weighted by Crippen LogP contribution is 2.37. The quantitative estimate of drug-likeness (QED) is 0.606. The molecule has 1 saturated carbocycles. The number of pyridine rings is 1. The predicted molar refractivity (Wildman–Crippen MR) is 67.4 cm³/mol. The third kappa shape index (κ3) is 2.96. The molecule has 0 radical (unpaired) electrons. The van der Waals surface area contributed by atoms with Gasteiger partial charge in [-0.1, -0.05) is 6.42 Å². The van der Waals surface area contributed by atoms with E-state index in [1.165, 1.54) is 19.3 Å². The first-order valence-corrected chi connectivity index (χ1v) is 6.28. The van der Waals surface area contributed by atoms with Gasteiger partial charge in [0, 0.05) is 6.20 Å². The second kappa shape index (κ2) is 5.47. The van der Waals surface area contributed by atoms with Gasteiger partial charge in [-0.05, 0) is 44.2 Å². The predicted octanol–water partition coefficient (Wildman–Crippen LogP) is 2.17. The number of nitrogens with two attached hydrogens (primary N) is 1. The first kappa shape index (κ1) is 12.3. The molecule has 94 valence electrons. The zero-order chi connectivity index (χ0) is 12.3. The third-order valence-electron chi connectivity index (χ3n) is 3.27. The summed E-state index contributed by atoms with van der Waals surface area (Å²) in [7, 11) is 0. The molecule has 1 aliphatic rings. The van der Waals surface area contributed by atoms with Crippen molar-refractivity contribution in [3.63, 3.8) is 0 Å². The van der Waals surface area contributed by atoms with Gasteiger partial charge < -0.3 is 4.74 Å². The van der Waals surface area contributed by atoms with Gasteiger partial charge >= 0.3 is 0 Å². The summed E-state index contributed by atoms with van der Waals surface area (Å²) in [5.74, 6) is 7.10. The van der Waals surface area contributed by atoms with Gasteiger partial charge in [-0.25, -0.2) is 0 Å². The number of nitrogens with one attached hydrogen (secondary N) is 1. The second-order valence-electron chi connectivity index (χ2n) is 4.96. The van der Waals surface area contributed by atoms with Crippen LogP contribution in [0, 0.1) is 5.92 Å². The third-order valence-corrected chi connectivity index (χ3v) is 3.27. The lowest BCUT2D eigenvalue weighted by Crippen LogP contribution is -2.36. The Balaban J connectivity index is 2.12. The molecule has 0 aliphatic heterocycles. The lowest BCUT2D eigenvalue weighted by atomic mass is 9.78. The number of hydrogen-bond acceptors (Lipinski definition) is 4. The molecule has 1 aliphatic carbocycles. The molecule has 1 heterocycles.